The number of nitrogens with zero attached hydrogens (tertiary/aromatic N) is 2. The number of hydrogen-bond donors (Lipinski definition) is 3. The van der Waals surface area contributed by atoms with Crippen molar-refractivity contribution in [3.63, 3.8) is 0 Å². The molecular weight excluding hydrogens is 498 g/mol. The molecule has 2 aromatic carbocycles. The highest BCUT2D eigenvalue weighted by Gasteiger charge is 2.45. The van der Waals surface area contributed by atoms with Gasteiger partial charge in [-0.3, -0.25) is 4.79 Å². The van der Waals surface area contributed by atoms with Crippen LogP contribution in [0.25, 0.3) is 0 Å². The molecule has 192 valence electrons. The van der Waals surface area contributed by atoms with Crippen LogP contribution in [0, 0.1) is 0 Å². The fourth-order valence-corrected chi connectivity index (χ4v) is 4.08. The molecule has 12 heteroatoms. The molecule has 0 saturated carbocycles. The Morgan fingerprint density at radius 1 is 1.16 bits per heavy atom. The molecule has 1 aromatic heterocycles. The Morgan fingerprint density at radius 2 is 1.78 bits per heavy atom. The average Bonchev–Trinajstić information content (AvgIpc) is 3.43. The summed E-state index contributed by atoms with van der Waals surface area (Å²) in [6.07, 6.45) is -0.660. The number of amides is 1. The molecule has 1 aliphatic heterocycles. The van der Waals surface area contributed by atoms with E-state index in [-0.39, 0.29) is 16.5 Å². The second-order valence-electron chi connectivity index (χ2n) is 8.63. The molecular formula is C25H25N5O6S. The molecule has 0 bridgehead atoms. The Balaban J connectivity index is 1.48. The van der Waals surface area contributed by atoms with Crippen LogP contribution in [0.4, 0.5) is 5.13 Å². The minimum absolute atomic E-state index is 0.122. The standard InChI is InChI=1S/C25H25N5O6S/c1-25(2)21(23(33)36-30-25)28-22(32)19(17-14-37-24(26)27-17)29-34-13-18(31)35-20(15-9-5-3-6-10-15)16-11-7-4-8-12-16/h3-12,14,20-21,30H,13H2,1-2H3,(H2,26,27)(H,28,32)/b29-19-/t21-/m1/s1. The number of carbonyl (C=O) groups excluding carboxylic acids is 3. The summed E-state index contributed by atoms with van der Waals surface area (Å²) in [7, 11) is 0. The number of ether oxygens (including phenoxy) is 1. The summed E-state index contributed by atoms with van der Waals surface area (Å²) in [6.45, 7) is 2.79. The van der Waals surface area contributed by atoms with E-state index in [0.29, 0.717) is 0 Å². The van der Waals surface area contributed by atoms with E-state index in [2.05, 4.69) is 20.9 Å². The lowest BCUT2D eigenvalue weighted by Crippen LogP contribution is -2.54. The molecule has 1 amide bonds. The predicted octanol–water partition coefficient (Wildman–Crippen LogP) is 2.10. The van der Waals surface area contributed by atoms with Gasteiger partial charge in [-0.15, -0.1) is 16.8 Å². The smallest absolute Gasteiger partial charge is 0.349 e. The number of carbonyl (C=O) groups is 3. The minimum Gasteiger partial charge on any atom is -0.450 e. The molecule has 1 fully saturated rings. The molecule has 2 heterocycles. The molecule has 1 aliphatic rings. The van der Waals surface area contributed by atoms with E-state index in [4.69, 9.17) is 20.1 Å². The summed E-state index contributed by atoms with van der Waals surface area (Å²) >= 11 is 1.09. The molecule has 4 rings (SSSR count). The third-order valence-electron chi connectivity index (χ3n) is 5.42. The number of oxime groups is 1. The van der Waals surface area contributed by atoms with Crippen molar-refractivity contribution in [2.45, 2.75) is 31.5 Å². The zero-order chi connectivity index (χ0) is 26.4. The first-order valence-electron chi connectivity index (χ1n) is 11.2. The van der Waals surface area contributed by atoms with Gasteiger partial charge in [0, 0.05) is 5.38 Å². The molecule has 1 atom stereocenters. The molecule has 4 N–H and O–H groups in total. The van der Waals surface area contributed by atoms with Crippen molar-refractivity contribution >= 4 is 40.0 Å². The van der Waals surface area contributed by atoms with E-state index >= 15 is 0 Å². The lowest BCUT2D eigenvalue weighted by atomic mass is 9.97. The summed E-state index contributed by atoms with van der Waals surface area (Å²) in [5, 5.41) is 8.10. The summed E-state index contributed by atoms with van der Waals surface area (Å²) in [5.74, 6) is -2.12. The highest BCUT2D eigenvalue weighted by Crippen LogP contribution is 2.26. The number of hydrogen-bond acceptors (Lipinski definition) is 11. The normalized spacial score (nSPS) is 16.8. The van der Waals surface area contributed by atoms with E-state index in [0.717, 1.165) is 22.5 Å². The van der Waals surface area contributed by atoms with Crippen LogP contribution in [0.3, 0.4) is 0 Å². The second-order valence-corrected chi connectivity index (χ2v) is 9.52. The van der Waals surface area contributed by atoms with Gasteiger partial charge in [0.2, 0.25) is 6.61 Å². The number of benzene rings is 2. The van der Waals surface area contributed by atoms with Gasteiger partial charge in [-0.25, -0.2) is 14.6 Å². The van der Waals surface area contributed by atoms with Gasteiger partial charge in [-0.05, 0) is 25.0 Å². The Hall–Kier alpha value is -4.29. The van der Waals surface area contributed by atoms with Gasteiger partial charge in [0.05, 0.1) is 5.54 Å². The number of esters is 1. The number of rotatable bonds is 9. The first-order chi connectivity index (χ1) is 17.7. The second kappa shape index (κ2) is 11.2. The molecule has 3 aromatic rings. The van der Waals surface area contributed by atoms with Crippen LogP contribution in [-0.4, -0.2) is 46.7 Å². The Bertz CT molecular complexity index is 1260. The van der Waals surface area contributed by atoms with Crippen molar-refractivity contribution in [3.05, 3.63) is 82.9 Å². The van der Waals surface area contributed by atoms with Crippen LogP contribution in [0.15, 0.2) is 71.2 Å². The van der Waals surface area contributed by atoms with Gasteiger partial charge in [-0.2, -0.15) is 0 Å². The molecule has 11 nitrogen and oxygen atoms in total. The predicted molar refractivity (Wildman–Crippen MR) is 135 cm³/mol. The van der Waals surface area contributed by atoms with Crippen LogP contribution in [0.5, 0.6) is 0 Å². The molecule has 0 spiro atoms. The molecule has 0 aliphatic carbocycles. The van der Waals surface area contributed by atoms with Crippen molar-refractivity contribution in [2.24, 2.45) is 5.16 Å². The van der Waals surface area contributed by atoms with E-state index in [1.165, 1.54) is 5.38 Å². The lowest BCUT2D eigenvalue weighted by molar-refractivity contribution is -0.153. The van der Waals surface area contributed by atoms with Crippen LogP contribution < -0.4 is 16.5 Å². The highest BCUT2D eigenvalue weighted by atomic mass is 32.1. The summed E-state index contributed by atoms with van der Waals surface area (Å²) < 4.78 is 5.69. The van der Waals surface area contributed by atoms with Crippen LogP contribution in [-0.2, 0) is 28.8 Å². The average molecular weight is 524 g/mol. The van der Waals surface area contributed by atoms with Gasteiger partial charge < -0.3 is 25.5 Å². The van der Waals surface area contributed by atoms with E-state index in [1.807, 2.05) is 60.7 Å². The zero-order valence-electron chi connectivity index (χ0n) is 20.0. The monoisotopic (exact) mass is 523 g/mol. The van der Waals surface area contributed by atoms with Gasteiger partial charge >= 0.3 is 11.9 Å². The van der Waals surface area contributed by atoms with Gasteiger partial charge in [0.1, 0.15) is 11.7 Å². The Morgan fingerprint density at radius 3 is 2.30 bits per heavy atom. The number of nitrogens with two attached hydrogens (primary N) is 1. The summed E-state index contributed by atoms with van der Waals surface area (Å²) in [6, 6.07) is 17.5. The van der Waals surface area contributed by atoms with E-state index < -0.39 is 42.1 Å². The first kappa shape index (κ1) is 25.8. The van der Waals surface area contributed by atoms with Crippen molar-refractivity contribution in [1.82, 2.24) is 15.8 Å². The molecule has 0 unspecified atom stereocenters. The highest BCUT2D eigenvalue weighted by molar-refractivity contribution is 7.13. The first-order valence-corrected chi connectivity index (χ1v) is 12.1. The number of nitrogen functional groups attached to an aromatic ring is 1. The zero-order valence-corrected chi connectivity index (χ0v) is 20.9. The maximum Gasteiger partial charge on any atom is 0.349 e. The van der Waals surface area contributed by atoms with Crippen LogP contribution >= 0.6 is 11.3 Å². The fourth-order valence-electron chi connectivity index (χ4n) is 3.53. The summed E-state index contributed by atoms with van der Waals surface area (Å²) in [4.78, 5) is 51.8. The fraction of sp³-hybridized carbons (Fsp3) is 0.240. The minimum atomic E-state index is -0.997. The van der Waals surface area contributed by atoms with Gasteiger partial charge in [0.15, 0.2) is 16.9 Å². The molecule has 37 heavy (non-hydrogen) atoms. The SMILES string of the molecule is CC1(C)NOC(=O)[C@H]1NC(=O)/C(=N\OCC(=O)OC(c1ccccc1)c1ccccc1)c1csc(N)n1. The maximum absolute atomic E-state index is 13.0. The third-order valence-corrected chi connectivity index (χ3v) is 6.09. The Labute approximate surface area is 216 Å². The number of aromatic nitrogens is 1. The largest absolute Gasteiger partial charge is 0.450 e. The number of hydroxylamine groups is 1. The summed E-state index contributed by atoms with van der Waals surface area (Å²) in [5.41, 5.74) is 8.82. The van der Waals surface area contributed by atoms with E-state index in [9.17, 15) is 14.4 Å². The quantitative estimate of drug-likeness (QED) is 0.217. The van der Waals surface area contributed by atoms with Crippen molar-refractivity contribution in [3.8, 4) is 0 Å². The molecule has 0 radical (unpaired) electrons. The Kier molecular flexibility index (Phi) is 7.80. The van der Waals surface area contributed by atoms with Crippen molar-refractivity contribution in [1.29, 1.82) is 0 Å². The van der Waals surface area contributed by atoms with Crippen LogP contribution in [0.2, 0.25) is 0 Å². The number of thiazole rings is 1. The van der Waals surface area contributed by atoms with Crippen molar-refractivity contribution < 1.29 is 28.8 Å². The lowest BCUT2D eigenvalue weighted by Gasteiger charge is -2.22. The van der Waals surface area contributed by atoms with Crippen molar-refractivity contribution in [2.75, 3.05) is 12.3 Å². The number of anilines is 1. The van der Waals surface area contributed by atoms with Gasteiger partial charge in [0.25, 0.3) is 5.91 Å². The molecule has 1 saturated heterocycles. The van der Waals surface area contributed by atoms with Gasteiger partial charge in [-0.1, -0.05) is 65.8 Å². The third kappa shape index (κ3) is 6.29. The van der Waals surface area contributed by atoms with E-state index in [1.54, 1.807) is 13.8 Å². The van der Waals surface area contributed by atoms with Crippen LogP contribution in [0.1, 0.15) is 36.8 Å². The number of nitrogens with one attached hydrogen (secondary N) is 2. The topological polar surface area (TPSA) is 154 Å². The maximum atomic E-state index is 13.0.